The Labute approximate surface area is 185 Å². The van der Waals surface area contributed by atoms with E-state index >= 15 is 0 Å². The Kier molecular flexibility index (Phi) is 6.94. The molecular weight excluding hydrogens is 410 g/mol. The van der Waals surface area contributed by atoms with E-state index in [1.165, 1.54) is 29.4 Å². The lowest BCUT2D eigenvalue weighted by Crippen LogP contribution is -2.35. The number of carboxylic acid groups (broad SMARTS) is 1. The fourth-order valence-electron chi connectivity index (χ4n) is 3.28. The molecule has 166 valence electrons. The van der Waals surface area contributed by atoms with Crippen molar-refractivity contribution in [3.05, 3.63) is 93.4 Å². The zero-order chi connectivity index (χ0) is 23.3. The molecule has 2 aromatic carbocycles. The molecule has 8 heteroatoms. The van der Waals surface area contributed by atoms with Gasteiger partial charge in [-0.1, -0.05) is 54.1 Å². The molecule has 3 rings (SSSR count). The topological polar surface area (TPSA) is 121 Å². The van der Waals surface area contributed by atoms with Gasteiger partial charge >= 0.3 is 12.0 Å². The lowest BCUT2D eigenvalue weighted by molar-refractivity contribution is -0.137. The highest BCUT2D eigenvalue weighted by molar-refractivity contribution is 5.91. The van der Waals surface area contributed by atoms with Crippen molar-refractivity contribution in [3.63, 3.8) is 0 Å². The van der Waals surface area contributed by atoms with Crippen molar-refractivity contribution in [1.82, 2.24) is 9.88 Å². The second kappa shape index (κ2) is 9.82. The zero-order valence-electron chi connectivity index (χ0n) is 17.8. The second-order valence-electron chi connectivity index (χ2n) is 7.64. The van der Waals surface area contributed by atoms with E-state index in [0.717, 1.165) is 17.5 Å². The van der Waals surface area contributed by atoms with Gasteiger partial charge in [-0.2, -0.15) is 0 Å². The van der Waals surface area contributed by atoms with Gasteiger partial charge in [-0.15, -0.1) is 0 Å². The summed E-state index contributed by atoms with van der Waals surface area (Å²) in [6.45, 7) is 2.03. The molecule has 0 saturated heterocycles. The Morgan fingerprint density at radius 2 is 1.59 bits per heavy atom. The first-order valence-corrected chi connectivity index (χ1v) is 10.0. The average molecular weight is 435 g/mol. The summed E-state index contributed by atoms with van der Waals surface area (Å²) in [4.78, 5) is 35.9. The number of aryl methyl sites for hydroxylation is 2. The normalized spacial score (nSPS) is 11.6. The highest BCUT2D eigenvalue weighted by Gasteiger charge is 2.20. The molecule has 8 nitrogen and oxygen atoms in total. The van der Waals surface area contributed by atoms with Gasteiger partial charge in [0.05, 0.1) is 12.5 Å². The van der Waals surface area contributed by atoms with Crippen LogP contribution in [-0.2, 0) is 18.3 Å². The number of nitrogens with one attached hydrogen (secondary N) is 2. The van der Waals surface area contributed by atoms with Gasteiger partial charge in [0.15, 0.2) is 5.69 Å². The number of carbonyl (C=O) groups is 2. The molecule has 32 heavy (non-hydrogen) atoms. The zero-order valence-corrected chi connectivity index (χ0v) is 17.8. The maximum Gasteiger partial charge on any atom is 0.319 e. The van der Waals surface area contributed by atoms with Crippen LogP contribution < -0.4 is 16.2 Å². The van der Waals surface area contributed by atoms with Crippen molar-refractivity contribution >= 4 is 17.7 Å². The average Bonchev–Trinajstić information content (AvgIpc) is 2.75. The molecule has 0 aliphatic carbocycles. The summed E-state index contributed by atoms with van der Waals surface area (Å²) in [6, 6.07) is 15.2. The third-order valence-electron chi connectivity index (χ3n) is 5.08. The fraction of sp³-hybridized carbons (Fsp3) is 0.208. The van der Waals surface area contributed by atoms with Gasteiger partial charge in [0, 0.05) is 13.2 Å². The maximum absolute atomic E-state index is 12.5. The standard InChI is InChI=1S/C24H25N3O5/c1-15-3-5-16(6-4-15)13-17-7-9-18(10-8-17)19(14-21(29)30)25-24(32)26-22-20(28)11-12-27(2)23(22)31/h3-12,19,28H,13-14H2,1-2H3,(H,29,30)(H2,25,26,32). The highest BCUT2D eigenvalue weighted by atomic mass is 16.4. The summed E-state index contributed by atoms with van der Waals surface area (Å²) in [5.41, 5.74) is 3.14. The lowest BCUT2D eigenvalue weighted by atomic mass is 9.99. The molecule has 0 spiro atoms. The molecule has 1 atom stereocenters. The van der Waals surface area contributed by atoms with E-state index in [4.69, 9.17) is 0 Å². The Morgan fingerprint density at radius 3 is 2.19 bits per heavy atom. The summed E-state index contributed by atoms with van der Waals surface area (Å²) in [6.07, 6.45) is 1.75. The second-order valence-corrected chi connectivity index (χ2v) is 7.64. The quantitative estimate of drug-likeness (QED) is 0.454. The number of amides is 2. The van der Waals surface area contributed by atoms with Crippen LogP contribution in [0, 0.1) is 6.92 Å². The summed E-state index contributed by atoms with van der Waals surface area (Å²) >= 11 is 0. The van der Waals surface area contributed by atoms with Crippen LogP contribution in [0.15, 0.2) is 65.6 Å². The van der Waals surface area contributed by atoms with Crippen molar-refractivity contribution in [2.24, 2.45) is 7.05 Å². The number of carboxylic acids is 1. The van der Waals surface area contributed by atoms with E-state index in [0.29, 0.717) is 5.56 Å². The predicted octanol–water partition coefficient (Wildman–Crippen LogP) is 3.33. The van der Waals surface area contributed by atoms with Crippen molar-refractivity contribution in [2.45, 2.75) is 25.8 Å². The van der Waals surface area contributed by atoms with E-state index in [2.05, 4.69) is 22.8 Å². The van der Waals surface area contributed by atoms with Gasteiger partial charge < -0.3 is 25.4 Å². The molecule has 0 saturated carbocycles. The summed E-state index contributed by atoms with van der Waals surface area (Å²) in [5, 5.41) is 24.0. The number of urea groups is 1. The molecule has 1 aromatic heterocycles. The number of rotatable bonds is 7. The van der Waals surface area contributed by atoms with Crippen LogP contribution in [-0.4, -0.2) is 26.8 Å². The minimum absolute atomic E-state index is 0.282. The predicted molar refractivity (Wildman–Crippen MR) is 121 cm³/mol. The van der Waals surface area contributed by atoms with Crippen LogP contribution in [0.3, 0.4) is 0 Å². The molecule has 2 amide bonds. The minimum atomic E-state index is -1.09. The van der Waals surface area contributed by atoms with Crippen LogP contribution in [0.25, 0.3) is 0 Å². The Balaban J connectivity index is 1.74. The number of nitrogens with zero attached hydrogens (tertiary/aromatic N) is 1. The van der Waals surface area contributed by atoms with Gasteiger partial charge in [0.1, 0.15) is 5.75 Å². The van der Waals surface area contributed by atoms with Crippen LogP contribution >= 0.6 is 0 Å². The van der Waals surface area contributed by atoms with Gasteiger partial charge in [-0.05, 0) is 36.1 Å². The Morgan fingerprint density at radius 1 is 1.00 bits per heavy atom. The van der Waals surface area contributed by atoms with Gasteiger partial charge in [0.2, 0.25) is 0 Å². The lowest BCUT2D eigenvalue weighted by Gasteiger charge is -2.18. The number of hydrogen-bond acceptors (Lipinski definition) is 4. The molecule has 1 heterocycles. The fourth-order valence-corrected chi connectivity index (χ4v) is 3.28. The third-order valence-corrected chi connectivity index (χ3v) is 5.08. The first-order chi connectivity index (χ1) is 15.2. The number of carbonyl (C=O) groups excluding carboxylic acids is 1. The monoisotopic (exact) mass is 435 g/mol. The molecule has 0 fully saturated rings. The minimum Gasteiger partial charge on any atom is -0.505 e. The first kappa shape index (κ1) is 22.6. The Bertz CT molecular complexity index is 1170. The maximum atomic E-state index is 12.5. The highest BCUT2D eigenvalue weighted by Crippen LogP contribution is 2.21. The number of benzene rings is 2. The van der Waals surface area contributed by atoms with Crippen LogP contribution in [0.2, 0.25) is 0 Å². The molecule has 0 bridgehead atoms. The van der Waals surface area contributed by atoms with Gasteiger partial charge in [-0.25, -0.2) is 4.79 Å². The van der Waals surface area contributed by atoms with Crippen LogP contribution in [0.1, 0.15) is 34.7 Å². The summed E-state index contributed by atoms with van der Waals surface area (Å²) in [7, 11) is 1.48. The number of pyridine rings is 1. The van der Waals surface area contributed by atoms with Crippen LogP contribution in [0.4, 0.5) is 10.5 Å². The molecule has 0 aliphatic rings. The van der Waals surface area contributed by atoms with Crippen molar-refractivity contribution in [3.8, 4) is 5.75 Å². The summed E-state index contributed by atoms with van der Waals surface area (Å²) in [5.74, 6) is -1.46. The SMILES string of the molecule is Cc1ccc(Cc2ccc(C(CC(=O)O)NC(=O)Nc3c(O)ccn(C)c3=O)cc2)cc1. The van der Waals surface area contributed by atoms with E-state index < -0.39 is 23.6 Å². The van der Waals surface area contributed by atoms with Gasteiger partial charge in [-0.3, -0.25) is 9.59 Å². The largest absolute Gasteiger partial charge is 0.505 e. The molecule has 0 aliphatic heterocycles. The van der Waals surface area contributed by atoms with Gasteiger partial charge in [0.25, 0.3) is 5.56 Å². The van der Waals surface area contributed by atoms with E-state index in [9.17, 15) is 24.6 Å². The molecular formula is C24H25N3O5. The smallest absolute Gasteiger partial charge is 0.319 e. The van der Waals surface area contributed by atoms with E-state index in [-0.39, 0.29) is 17.9 Å². The molecule has 1 unspecified atom stereocenters. The third kappa shape index (κ3) is 5.75. The number of aliphatic carboxylic acids is 1. The molecule has 3 aromatic rings. The number of anilines is 1. The molecule has 4 N–H and O–H groups in total. The Hall–Kier alpha value is -4.07. The van der Waals surface area contributed by atoms with E-state index in [1.54, 1.807) is 12.1 Å². The first-order valence-electron chi connectivity index (χ1n) is 10.0. The van der Waals surface area contributed by atoms with Crippen molar-refractivity contribution in [1.29, 1.82) is 0 Å². The number of hydrogen-bond donors (Lipinski definition) is 4. The molecule has 0 radical (unpaired) electrons. The van der Waals surface area contributed by atoms with E-state index in [1.807, 2.05) is 31.2 Å². The van der Waals surface area contributed by atoms with Crippen molar-refractivity contribution < 1.29 is 19.8 Å². The number of aromatic hydroxyl groups is 1. The number of aromatic nitrogens is 1. The van der Waals surface area contributed by atoms with Crippen molar-refractivity contribution in [2.75, 3.05) is 5.32 Å². The van der Waals surface area contributed by atoms with Crippen LogP contribution in [0.5, 0.6) is 5.75 Å². The summed E-state index contributed by atoms with van der Waals surface area (Å²) < 4.78 is 1.21.